The van der Waals surface area contributed by atoms with Crippen LogP contribution in [0.2, 0.25) is 0 Å². The SMILES string of the molecule is CC1CCCC(c2ccc(C(=O)Oc3ccc(C#N)c(F)c3)cc2)CC1. The van der Waals surface area contributed by atoms with Gasteiger partial charge in [0.1, 0.15) is 17.6 Å². The number of hydrogen-bond acceptors (Lipinski definition) is 3. The smallest absolute Gasteiger partial charge is 0.343 e. The molecule has 0 N–H and O–H groups in total. The molecule has 2 atom stereocenters. The first-order chi connectivity index (χ1) is 12.6. The predicted molar refractivity (Wildman–Crippen MR) is 97.5 cm³/mol. The van der Waals surface area contributed by atoms with E-state index < -0.39 is 11.8 Å². The van der Waals surface area contributed by atoms with Gasteiger partial charge in [-0.2, -0.15) is 5.26 Å². The molecular weight excluding hydrogens is 329 g/mol. The number of hydrogen-bond donors (Lipinski definition) is 0. The molecule has 0 aromatic heterocycles. The van der Waals surface area contributed by atoms with Crippen LogP contribution < -0.4 is 4.74 Å². The third-order valence-electron chi connectivity index (χ3n) is 5.15. The fourth-order valence-corrected chi connectivity index (χ4v) is 3.53. The maximum atomic E-state index is 13.6. The van der Waals surface area contributed by atoms with Crippen LogP contribution in [0.4, 0.5) is 4.39 Å². The summed E-state index contributed by atoms with van der Waals surface area (Å²) in [5, 5.41) is 8.74. The number of ether oxygens (including phenoxy) is 1. The highest BCUT2D eigenvalue weighted by atomic mass is 19.1. The zero-order chi connectivity index (χ0) is 18.5. The molecule has 2 aromatic carbocycles. The Hall–Kier alpha value is -2.67. The maximum absolute atomic E-state index is 13.6. The molecule has 0 bridgehead atoms. The largest absolute Gasteiger partial charge is 0.423 e. The number of carbonyl (C=O) groups excluding carboxylic acids is 1. The van der Waals surface area contributed by atoms with Gasteiger partial charge in [-0.25, -0.2) is 9.18 Å². The van der Waals surface area contributed by atoms with Crippen LogP contribution in [0.5, 0.6) is 5.75 Å². The highest BCUT2D eigenvalue weighted by Gasteiger charge is 2.18. The first-order valence-corrected chi connectivity index (χ1v) is 9.08. The molecule has 0 saturated heterocycles. The number of rotatable bonds is 3. The Balaban J connectivity index is 1.67. The number of nitrogens with zero attached hydrogens (tertiary/aromatic N) is 1. The van der Waals surface area contributed by atoms with Crippen molar-refractivity contribution >= 4 is 5.97 Å². The highest BCUT2D eigenvalue weighted by Crippen LogP contribution is 2.34. The van der Waals surface area contributed by atoms with Crippen molar-refractivity contribution in [1.82, 2.24) is 0 Å². The Morgan fingerprint density at radius 2 is 1.88 bits per heavy atom. The zero-order valence-corrected chi connectivity index (χ0v) is 14.9. The average molecular weight is 351 g/mol. The normalized spacial score (nSPS) is 20.0. The number of carbonyl (C=O) groups is 1. The monoisotopic (exact) mass is 351 g/mol. The minimum atomic E-state index is -0.698. The van der Waals surface area contributed by atoms with Crippen LogP contribution in [0, 0.1) is 23.1 Å². The van der Waals surface area contributed by atoms with Crippen molar-refractivity contribution in [2.75, 3.05) is 0 Å². The van der Waals surface area contributed by atoms with E-state index in [0.717, 1.165) is 12.0 Å². The summed E-state index contributed by atoms with van der Waals surface area (Å²) in [6.07, 6.45) is 6.18. The van der Waals surface area contributed by atoms with E-state index in [4.69, 9.17) is 10.00 Å². The Kier molecular flexibility index (Phi) is 5.68. The van der Waals surface area contributed by atoms with Crippen LogP contribution in [-0.4, -0.2) is 5.97 Å². The number of esters is 1. The molecule has 1 fully saturated rings. The number of halogens is 1. The van der Waals surface area contributed by atoms with Gasteiger partial charge in [0.2, 0.25) is 0 Å². The third kappa shape index (κ3) is 4.29. The van der Waals surface area contributed by atoms with E-state index in [1.165, 1.54) is 49.8 Å². The summed E-state index contributed by atoms with van der Waals surface area (Å²) in [5.74, 6) is 0.207. The maximum Gasteiger partial charge on any atom is 0.343 e. The second kappa shape index (κ2) is 8.14. The van der Waals surface area contributed by atoms with E-state index in [1.807, 2.05) is 12.1 Å². The summed E-state index contributed by atoms with van der Waals surface area (Å²) in [7, 11) is 0. The number of benzene rings is 2. The van der Waals surface area contributed by atoms with Crippen molar-refractivity contribution in [2.45, 2.75) is 44.9 Å². The molecule has 134 valence electrons. The molecule has 0 heterocycles. The second-order valence-corrected chi connectivity index (χ2v) is 7.08. The molecule has 3 rings (SSSR count). The first kappa shape index (κ1) is 18.1. The molecule has 1 aliphatic rings. The van der Waals surface area contributed by atoms with Gasteiger partial charge in [-0.15, -0.1) is 0 Å². The number of nitriles is 1. The minimum Gasteiger partial charge on any atom is -0.423 e. The van der Waals surface area contributed by atoms with Gasteiger partial charge in [-0.05, 0) is 54.5 Å². The standard InChI is InChI=1S/C22H22FNO2/c1-15-3-2-4-16(6-5-15)17-7-9-18(10-8-17)22(25)26-20-12-11-19(14-24)21(23)13-20/h7-13,15-16H,2-6H2,1H3. The Bertz CT molecular complexity index is 823. The molecule has 4 heteroatoms. The highest BCUT2D eigenvalue weighted by molar-refractivity contribution is 5.91. The molecule has 26 heavy (non-hydrogen) atoms. The predicted octanol–water partition coefficient (Wildman–Crippen LogP) is 5.60. The molecule has 0 spiro atoms. The van der Waals surface area contributed by atoms with Crippen LogP contribution in [0.15, 0.2) is 42.5 Å². The first-order valence-electron chi connectivity index (χ1n) is 9.08. The van der Waals surface area contributed by atoms with Crippen molar-refractivity contribution in [3.63, 3.8) is 0 Å². The quantitative estimate of drug-likeness (QED) is 0.411. The summed E-state index contributed by atoms with van der Waals surface area (Å²) < 4.78 is 18.8. The molecule has 0 aliphatic heterocycles. The summed E-state index contributed by atoms with van der Waals surface area (Å²) in [6, 6.07) is 13.0. The molecule has 2 unspecified atom stereocenters. The van der Waals surface area contributed by atoms with Gasteiger partial charge < -0.3 is 4.74 Å². The van der Waals surface area contributed by atoms with Crippen LogP contribution in [0.3, 0.4) is 0 Å². The molecular formula is C22H22FNO2. The summed E-state index contributed by atoms with van der Waals surface area (Å²) in [4.78, 5) is 12.3. The van der Waals surface area contributed by atoms with Gasteiger partial charge in [-0.3, -0.25) is 0 Å². The van der Waals surface area contributed by atoms with Gasteiger partial charge >= 0.3 is 5.97 Å². The van der Waals surface area contributed by atoms with Gasteiger partial charge in [0.15, 0.2) is 0 Å². The fraction of sp³-hybridized carbons (Fsp3) is 0.364. The van der Waals surface area contributed by atoms with E-state index in [0.29, 0.717) is 11.5 Å². The minimum absolute atomic E-state index is 0.0770. The topological polar surface area (TPSA) is 50.1 Å². The zero-order valence-electron chi connectivity index (χ0n) is 14.9. The lowest BCUT2D eigenvalue weighted by Gasteiger charge is -2.15. The molecule has 2 aromatic rings. The van der Waals surface area contributed by atoms with Crippen molar-refractivity contribution in [2.24, 2.45) is 5.92 Å². The van der Waals surface area contributed by atoms with Gasteiger partial charge in [0.05, 0.1) is 11.1 Å². The second-order valence-electron chi connectivity index (χ2n) is 7.08. The van der Waals surface area contributed by atoms with Crippen LogP contribution >= 0.6 is 0 Å². The molecule has 1 saturated carbocycles. The summed E-state index contributed by atoms with van der Waals surface area (Å²) in [6.45, 7) is 2.31. The molecule has 0 amide bonds. The fourth-order valence-electron chi connectivity index (χ4n) is 3.53. The van der Waals surface area contributed by atoms with Crippen molar-refractivity contribution < 1.29 is 13.9 Å². The van der Waals surface area contributed by atoms with Gasteiger partial charge in [0.25, 0.3) is 0 Å². The van der Waals surface area contributed by atoms with Crippen LogP contribution in [-0.2, 0) is 0 Å². The average Bonchev–Trinajstić information content (AvgIpc) is 2.86. The van der Waals surface area contributed by atoms with E-state index in [2.05, 4.69) is 6.92 Å². The van der Waals surface area contributed by atoms with Gasteiger partial charge in [-0.1, -0.05) is 38.3 Å². The molecule has 3 nitrogen and oxygen atoms in total. The lowest BCUT2D eigenvalue weighted by molar-refractivity contribution is 0.0734. The van der Waals surface area contributed by atoms with E-state index in [9.17, 15) is 9.18 Å². The lowest BCUT2D eigenvalue weighted by atomic mass is 9.91. The van der Waals surface area contributed by atoms with Crippen molar-refractivity contribution in [1.29, 1.82) is 5.26 Å². The Morgan fingerprint density at radius 1 is 1.12 bits per heavy atom. The van der Waals surface area contributed by atoms with Crippen molar-refractivity contribution in [3.8, 4) is 11.8 Å². The molecule has 1 aliphatic carbocycles. The van der Waals surface area contributed by atoms with Crippen molar-refractivity contribution in [3.05, 3.63) is 65.0 Å². The van der Waals surface area contributed by atoms with E-state index in [-0.39, 0.29) is 11.3 Å². The summed E-state index contributed by atoms with van der Waals surface area (Å²) >= 11 is 0. The molecule has 0 radical (unpaired) electrons. The summed E-state index contributed by atoms with van der Waals surface area (Å²) in [5.41, 5.74) is 1.62. The van der Waals surface area contributed by atoms with Gasteiger partial charge in [0, 0.05) is 6.07 Å². The lowest BCUT2D eigenvalue weighted by Crippen LogP contribution is -2.09. The Labute approximate surface area is 153 Å². The Morgan fingerprint density at radius 3 is 2.58 bits per heavy atom. The van der Waals surface area contributed by atoms with E-state index in [1.54, 1.807) is 18.2 Å². The van der Waals surface area contributed by atoms with Crippen LogP contribution in [0.25, 0.3) is 0 Å². The van der Waals surface area contributed by atoms with Crippen LogP contribution in [0.1, 0.15) is 66.4 Å². The van der Waals surface area contributed by atoms with E-state index >= 15 is 0 Å². The third-order valence-corrected chi connectivity index (χ3v) is 5.15.